The summed E-state index contributed by atoms with van der Waals surface area (Å²) in [4.78, 5) is 14.9. The van der Waals surface area contributed by atoms with Crippen LogP contribution >= 0.6 is 0 Å². The van der Waals surface area contributed by atoms with Gasteiger partial charge < -0.3 is 5.73 Å². The van der Waals surface area contributed by atoms with Crippen LogP contribution in [-0.4, -0.2) is 32.9 Å². The Labute approximate surface area is 113 Å². The highest BCUT2D eigenvalue weighted by Gasteiger charge is 2.19. The molecule has 0 saturated heterocycles. The van der Waals surface area contributed by atoms with E-state index in [0.717, 1.165) is 24.5 Å². The van der Waals surface area contributed by atoms with Crippen LogP contribution in [0.5, 0.6) is 0 Å². The number of likely N-dealkylation sites (N-methyl/N-ethyl adjacent to an activating group) is 1. The fourth-order valence-corrected chi connectivity index (χ4v) is 2.10. The van der Waals surface area contributed by atoms with Gasteiger partial charge in [0.2, 0.25) is 0 Å². The van der Waals surface area contributed by atoms with E-state index in [-0.39, 0.29) is 6.04 Å². The molecule has 2 heterocycles. The van der Waals surface area contributed by atoms with Gasteiger partial charge in [-0.15, -0.1) is 0 Å². The Morgan fingerprint density at radius 1 is 1.21 bits per heavy atom. The van der Waals surface area contributed by atoms with E-state index in [1.54, 1.807) is 12.5 Å². The molecule has 1 atom stereocenters. The van der Waals surface area contributed by atoms with E-state index >= 15 is 0 Å². The van der Waals surface area contributed by atoms with Crippen molar-refractivity contribution >= 4 is 0 Å². The second-order valence-electron chi connectivity index (χ2n) is 4.27. The Morgan fingerprint density at radius 3 is 2.68 bits per heavy atom. The number of pyridine rings is 1. The van der Waals surface area contributed by atoms with Crippen molar-refractivity contribution in [1.82, 2.24) is 19.9 Å². The fourth-order valence-electron chi connectivity index (χ4n) is 2.10. The number of nitrogens with two attached hydrogens (primary N) is 1. The fraction of sp³-hybridized carbons (Fsp3) is 0.357. The normalized spacial score (nSPS) is 12.6. The molecule has 5 heteroatoms. The highest BCUT2D eigenvalue weighted by molar-refractivity contribution is 5.08. The Hall–Kier alpha value is -1.85. The van der Waals surface area contributed by atoms with E-state index < -0.39 is 0 Å². The molecule has 0 fully saturated rings. The van der Waals surface area contributed by atoms with Crippen LogP contribution in [-0.2, 0) is 6.54 Å². The van der Waals surface area contributed by atoms with E-state index in [0.29, 0.717) is 6.54 Å². The lowest BCUT2D eigenvalue weighted by molar-refractivity contribution is 0.197. The molecule has 0 radical (unpaired) electrons. The van der Waals surface area contributed by atoms with Crippen LogP contribution in [0, 0.1) is 0 Å². The third kappa shape index (κ3) is 3.56. The van der Waals surface area contributed by atoms with Crippen molar-refractivity contribution in [1.29, 1.82) is 0 Å². The number of hydrogen-bond donors (Lipinski definition) is 1. The number of rotatable bonds is 6. The lowest BCUT2D eigenvalue weighted by Gasteiger charge is -2.28. The third-order valence-corrected chi connectivity index (χ3v) is 3.11. The van der Waals surface area contributed by atoms with Gasteiger partial charge in [0.25, 0.3) is 0 Å². The summed E-state index contributed by atoms with van der Waals surface area (Å²) in [6.07, 6.45) is 5.12. The van der Waals surface area contributed by atoms with E-state index in [1.165, 1.54) is 0 Å². The molecule has 0 aliphatic rings. The van der Waals surface area contributed by atoms with Crippen LogP contribution in [0.15, 0.2) is 43.0 Å². The van der Waals surface area contributed by atoms with Gasteiger partial charge in [-0.25, -0.2) is 9.97 Å². The molecule has 2 rings (SSSR count). The van der Waals surface area contributed by atoms with E-state index in [2.05, 4.69) is 26.8 Å². The molecule has 1 unspecified atom stereocenters. The maximum Gasteiger partial charge on any atom is 0.115 e. The van der Waals surface area contributed by atoms with Crippen molar-refractivity contribution in [2.45, 2.75) is 19.5 Å². The van der Waals surface area contributed by atoms with E-state index in [9.17, 15) is 0 Å². The van der Waals surface area contributed by atoms with Crippen molar-refractivity contribution in [3.05, 3.63) is 54.4 Å². The lowest BCUT2D eigenvalue weighted by atomic mass is 10.1. The van der Waals surface area contributed by atoms with Crippen LogP contribution < -0.4 is 5.73 Å². The molecule has 2 aromatic heterocycles. The minimum atomic E-state index is 0.0926. The molecule has 0 amide bonds. The van der Waals surface area contributed by atoms with Gasteiger partial charge in [0.1, 0.15) is 6.33 Å². The lowest BCUT2D eigenvalue weighted by Crippen LogP contribution is -2.34. The molecule has 2 aromatic rings. The second-order valence-corrected chi connectivity index (χ2v) is 4.27. The maximum atomic E-state index is 5.91. The third-order valence-electron chi connectivity index (χ3n) is 3.11. The zero-order valence-corrected chi connectivity index (χ0v) is 11.1. The van der Waals surface area contributed by atoms with Gasteiger partial charge in [0, 0.05) is 25.5 Å². The van der Waals surface area contributed by atoms with Crippen LogP contribution in [0.1, 0.15) is 24.4 Å². The second kappa shape index (κ2) is 6.92. The largest absolute Gasteiger partial charge is 0.329 e. The van der Waals surface area contributed by atoms with Gasteiger partial charge in [-0.3, -0.25) is 9.88 Å². The summed E-state index contributed by atoms with van der Waals surface area (Å²) in [5.41, 5.74) is 7.91. The molecular formula is C14H19N5. The van der Waals surface area contributed by atoms with E-state index in [4.69, 9.17) is 5.73 Å². The van der Waals surface area contributed by atoms with Crippen LogP contribution in [0.2, 0.25) is 0 Å². The smallest absolute Gasteiger partial charge is 0.115 e. The van der Waals surface area contributed by atoms with Gasteiger partial charge in [0.15, 0.2) is 0 Å². The highest BCUT2D eigenvalue weighted by atomic mass is 15.2. The molecule has 0 bridgehead atoms. The summed E-state index contributed by atoms with van der Waals surface area (Å²) in [5, 5.41) is 0. The number of aromatic nitrogens is 3. The van der Waals surface area contributed by atoms with Crippen LogP contribution in [0.25, 0.3) is 0 Å². The molecular weight excluding hydrogens is 238 g/mol. The molecule has 5 nitrogen and oxygen atoms in total. The summed E-state index contributed by atoms with van der Waals surface area (Å²) < 4.78 is 0. The van der Waals surface area contributed by atoms with Crippen LogP contribution in [0.3, 0.4) is 0 Å². The van der Waals surface area contributed by atoms with Crippen molar-refractivity contribution < 1.29 is 0 Å². The first kappa shape index (κ1) is 13.6. The van der Waals surface area contributed by atoms with E-state index in [1.807, 2.05) is 30.5 Å². The highest BCUT2D eigenvalue weighted by Crippen LogP contribution is 2.18. The predicted octanol–water partition coefficient (Wildman–Crippen LogP) is 1.39. The Balaban J connectivity index is 2.15. The molecule has 19 heavy (non-hydrogen) atoms. The first-order chi connectivity index (χ1) is 9.35. The molecule has 0 aromatic carbocycles. The van der Waals surface area contributed by atoms with Crippen molar-refractivity contribution in [2.24, 2.45) is 5.73 Å². The molecule has 0 aliphatic heterocycles. The minimum absolute atomic E-state index is 0.0926. The summed E-state index contributed by atoms with van der Waals surface area (Å²) in [7, 11) is 0. The molecule has 0 saturated carbocycles. The molecule has 0 spiro atoms. The van der Waals surface area contributed by atoms with Gasteiger partial charge in [-0.1, -0.05) is 13.0 Å². The Bertz CT molecular complexity index is 474. The summed E-state index contributed by atoms with van der Waals surface area (Å²) in [5.74, 6) is 0. The van der Waals surface area contributed by atoms with Crippen molar-refractivity contribution in [2.75, 3.05) is 13.1 Å². The molecule has 0 aliphatic carbocycles. The zero-order valence-electron chi connectivity index (χ0n) is 11.1. The number of nitrogens with zero attached hydrogens (tertiary/aromatic N) is 4. The standard InChI is InChI=1S/C14H19N5/c1-2-19(10-12-5-3-4-7-17-12)14(9-15)13-6-8-16-11-18-13/h3-8,11,14H,2,9-10,15H2,1H3. The predicted molar refractivity (Wildman–Crippen MR) is 74.1 cm³/mol. The summed E-state index contributed by atoms with van der Waals surface area (Å²) >= 11 is 0. The Morgan fingerprint density at radius 2 is 2.11 bits per heavy atom. The summed E-state index contributed by atoms with van der Waals surface area (Å²) in [6.45, 7) is 4.30. The van der Waals surface area contributed by atoms with Crippen molar-refractivity contribution in [3.8, 4) is 0 Å². The Kier molecular flexibility index (Phi) is 4.94. The first-order valence-electron chi connectivity index (χ1n) is 6.45. The maximum absolute atomic E-state index is 5.91. The van der Waals surface area contributed by atoms with Gasteiger partial charge >= 0.3 is 0 Å². The van der Waals surface area contributed by atoms with Gasteiger partial charge in [-0.2, -0.15) is 0 Å². The number of hydrogen-bond acceptors (Lipinski definition) is 5. The van der Waals surface area contributed by atoms with Crippen LogP contribution in [0.4, 0.5) is 0 Å². The van der Waals surface area contributed by atoms with Gasteiger partial charge in [-0.05, 0) is 24.7 Å². The SMILES string of the molecule is CCN(Cc1ccccn1)C(CN)c1ccncn1. The van der Waals surface area contributed by atoms with Gasteiger partial charge in [0.05, 0.1) is 17.4 Å². The quantitative estimate of drug-likeness (QED) is 0.847. The minimum Gasteiger partial charge on any atom is -0.329 e. The average molecular weight is 257 g/mol. The monoisotopic (exact) mass is 257 g/mol. The average Bonchev–Trinajstić information content (AvgIpc) is 2.49. The van der Waals surface area contributed by atoms with Crippen molar-refractivity contribution in [3.63, 3.8) is 0 Å². The zero-order chi connectivity index (χ0) is 13.5. The first-order valence-corrected chi connectivity index (χ1v) is 6.45. The molecule has 2 N–H and O–H groups in total. The summed E-state index contributed by atoms with van der Waals surface area (Å²) in [6, 6.07) is 7.95. The molecule has 100 valence electrons. The topological polar surface area (TPSA) is 67.9 Å².